The van der Waals surface area contributed by atoms with Crippen LogP contribution in [0.4, 0.5) is 4.79 Å². The number of aryl methyl sites for hydroxylation is 2. The average molecular weight is 345 g/mol. The number of nitrogens with zero attached hydrogens (tertiary/aromatic N) is 1. The summed E-state index contributed by atoms with van der Waals surface area (Å²) >= 11 is 1.61. The van der Waals surface area contributed by atoms with Crippen LogP contribution in [0.3, 0.4) is 0 Å². The van der Waals surface area contributed by atoms with E-state index in [4.69, 9.17) is 0 Å². The van der Waals surface area contributed by atoms with Crippen molar-refractivity contribution in [1.82, 2.24) is 15.6 Å². The van der Waals surface area contributed by atoms with Crippen molar-refractivity contribution >= 4 is 17.4 Å². The average Bonchev–Trinajstić information content (AvgIpc) is 3.07. The van der Waals surface area contributed by atoms with E-state index in [1.807, 2.05) is 29.6 Å². The minimum absolute atomic E-state index is 0.215. The lowest BCUT2D eigenvalue weighted by Gasteiger charge is -2.34. The van der Waals surface area contributed by atoms with Crippen LogP contribution in [-0.2, 0) is 25.0 Å². The van der Waals surface area contributed by atoms with Gasteiger partial charge < -0.3 is 15.7 Å². The summed E-state index contributed by atoms with van der Waals surface area (Å²) in [5.41, 5.74) is 1.99. The fourth-order valence-corrected chi connectivity index (χ4v) is 3.88. The Bertz CT molecular complexity index is 716. The minimum atomic E-state index is -0.984. The molecular formula is C18H23N3O2S. The third kappa shape index (κ3) is 3.76. The number of urea groups is 1. The molecular weight excluding hydrogens is 322 g/mol. The largest absolute Gasteiger partial charge is 0.383 e. The summed E-state index contributed by atoms with van der Waals surface area (Å²) < 4.78 is 0. The molecule has 128 valence electrons. The first-order valence-corrected chi connectivity index (χ1v) is 9.24. The Hall–Kier alpha value is -1.92. The standard InChI is InChI=1S/C18H23N3O2S/c1-2-16-21-14(11-24-16)10-19-17(22)20-12-18(23)9-5-7-13-6-3-4-8-15(13)18/h3-4,6,8,11,23H,2,5,7,9-10,12H2,1H3,(H2,19,20,22). The molecule has 1 heterocycles. The summed E-state index contributed by atoms with van der Waals surface area (Å²) in [6.07, 6.45) is 3.48. The van der Waals surface area contributed by atoms with E-state index in [1.165, 1.54) is 5.56 Å². The van der Waals surface area contributed by atoms with Gasteiger partial charge in [0.15, 0.2) is 0 Å². The lowest BCUT2D eigenvalue weighted by Crippen LogP contribution is -2.46. The molecule has 0 saturated carbocycles. The van der Waals surface area contributed by atoms with E-state index in [-0.39, 0.29) is 12.6 Å². The van der Waals surface area contributed by atoms with Crippen LogP contribution in [0.2, 0.25) is 0 Å². The van der Waals surface area contributed by atoms with E-state index in [9.17, 15) is 9.90 Å². The van der Waals surface area contributed by atoms with Crippen molar-refractivity contribution in [3.8, 4) is 0 Å². The Morgan fingerprint density at radius 1 is 1.38 bits per heavy atom. The van der Waals surface area contributed by atoms with Crippen LogP contribution >= 0.6 is 11.3 Å². The van der Waals surface area contributed by atoms with Crippen LogP contribution in [0.5, 0.6) is 0 Å². The summed E-state index contributed by atoms with van der Waals surface area (Å²) in [4.78, 5) is 16.5. The number of hydrogen-bond acceptors (Lipinski definition) is 4. The van der Waals surface area contributed by atoms with Crippen LogP contribution in [0.15, 0.2) is 29.6 Å². The zero-order chi connectivity index (χ0) is 17.0. The fraction of sp³-hybridized carbons (Fsp3) is 0.444. The highest BCUT2D eigenvalue weighted by Crippen LogP contribution is 2.34. The highest BCUT2D eigenvalue weighted by atomic mass is 32.1. The number of amides is 2. The van der Waals surface area contributed by atoms with E-state index in [2.05, 4.69) is 22.5 Å². The molecule has 1 aromatic heterocycles. The van der Waals surface area contributed by atoms with E-state index in [1.54, 1.807) is 11.3 Å². The third-order valence-corrected chi connectivity index (χ3v) is 5.47. The molecule has 1 unspecified atom stereocenters. The van der Waals surface area contributed by atoms with Gasteiger partial charge in [-0.15, -0.1) is 11.3 Å². The lowest BCUT2D eigenvalue weighted by atomic mass is 9.79. The zero-order valence-corrected chi connectivity index (χ0v) is 14.7. The van der Waals surface area contributed by atoms with Gasteiger partial charge in [0.05, 0.1) is 23.8 Å². The van der Waals surface area contributed by atoms with Crippen LogP contribution < -0.4 is 10.6 Å². The number of carbonyl (C=O) groups is 1. The Morgan fingerprint density at radius 3 is 3.00 bits per heavy atom. The molecule has 1 atom stereocenters. The van der Waals surface area contributed by atoms with Gasteiger partial charge >= 0.3 is 6.03 Å². The predicted octanol–water partition coefficient (Wildman–Crippen LogP) is 2.73. The lowest BCUT2D eigenvalue weighted by molar-refractivity contribution is 0.0217. The SMILES string of the molecule is CCc1nc(CNC(=O)NCC2(O)CCCc3ccccc32)cs1. The third-order valence-electron chi connectivity index (χ3n) is 4.43. The summed E-state index contributed by atoms with van der Waals surface area (Å²) in [5.74, 6) is 0. The molecule has 0 spiro atoms. The smallest absolute Gasteiger partial charge is 0.315 e. The van der Waals surface area contributed by atoms with Crippen molar-refractivity contribution in [3.63, 3.8) is 0 Å². The molecule has 1 aromatic carbocycles. The summed E-state index contributed by atoms with van der Waals surface area (Å²) in [5, 5.41) is 19.6. The van der Waals surface area contributed by atoms with Gasteiger partial charge in [0.2, 0.25) is 0 Å². The Balaban J connectivity index is 1.54. The number of benzene rings is 1. The molecule has 3 N–H and O–H groups in total. The molecule has 0 saturated heterocycles. The maximum atomic E-state index is 12.0. The number of carbonyl (C=O) groups excluding carboxylic acids is 1. The molecule has 6 heteroatoms. The monoisotopic (exact) mass is 345 g/mol. The van der Waals surface area contributed by atoms with Crippen LogP contribution in [0.25, 0.3) is 0 Å². The van der Waals surface area contributed by atoms with Gasteiger partial charge in [-0.25, -0.2) is 9.78 Å². The predicted molar refractivity (Wildman–Crippen MR) is 95.0 cm³/mol. The Morgan fingerprint density at radius 2 is 2.21 bits per heavy atom. The molecule has 0 bridgehead atoms. The van der Waals surface area contributed by atoms with Gasteiger partial charge in [-0.3, -0.25) is 0 Å². The molecule has 2 aromatic rings. The number of aliphatic hydroxyl groups is 1. The second-order valence-electron chi connectivity index (χ2n) is 6.16. The van der Waals surface area contributed by atoms with E-state index in [0.29, 0.717) is 13.0 Å². The number of hydrogen-bond donors (Lipinski definition) is 3. The topological polar surface area (TPSA) is 74.2 Å². The first-order chi connectivity index (χ1) is 11.6. The van der Waals surface area contributed by atoms with Crippen LogP contribution in [0.1, 0.15) is 41.6 Å². The number of nitrogens with one attached hydrogen (secondary N) is 2. The molecule has 0 aliphatic heterocycles. The molecule has 1 aliphatic carbocycles. The van der Waals surface area contributed by atoms with Crippen molar-refractivity contribution in [2.75, 3.05) is 6.54 Å². The number of fused-ring (bicyclic) bond motifs is 1. The Kier molecular flexibility index (Phi) is 5.16. The van der Waals surface area contributed by atoms with Gasteiger partial charge in [-0.05, 0) is 36.8 Å². The summed E-state index contributed by atoms with van der Waals surface area (Å²) in [6.45, 7) is 2.68. The van der Waals surface area contributed by atoms with E-state index in [0.717, 1.165) is 35.5 Å². The van der Waals surface area contributed by atoms with Crippen molar-refractivity contribution < 1.29 is 9.90 Å². The molecule has 1 aliphatic rings. The van der Waals surface area contributed by atoms with Gasteiger partial charge in [-0.2, -0.15) is 0 Å². The highest BCUT2D eigenvalue weighted by Gasteiger charge is 2.34. The Labute approximate surface area is 146 Å². The van der Waals surface area contributed by atoms with Crippen molar-refractivity contribution in [2.24, 2.45) is 0 Å². The molecule has 3 rings (SSSR count). The van der Waals surface area contributed by atoms with Crippen molar-refractivity contribution in [2.45, 2.75) is 44.8 Å². The van der Waals surface area contributed by atoms with Gasteiger partial charge in [0.1, 0.15) is 5.60 Å². The normalized spacial score (nSPS) is 19.6. The first kappa shape index (κ1) is 16.9. The molecule has 0 radical (unpaired) electrons. The maximum absolute atomic E-state index is 12.0. The van der Waals surface area contributed by atoms with Crippen molar-refractivity contribution in [3.05, 3.63) is 51.5 Å². The van der Waals surface area contributed by atoms with Crippen LogP contribution in [0, 0.1) is 0 Å². The van der Waals surface area contributed by atoms with E-state index >= 15 is 0 Å². The van der Waals surface area contributed by atoms with Gasteiger partial charge in [-0.1, -0.05) is 31.2 Å². The molecule has 5 nitrogen and oxygen atoms in total. The second kappa shape index (κ2) is 7.32. The van der Waals surface area contributed by atoms with Gasteiger partial charge in [0, 0.05) is 5.38 Å². The maximum Gasteiger partial charge on any atom is 0.315 e. The zero-order valence-electron chi connectivity index (χ0n) is 13.8. The summed E-state index contributed by atoms with van der Waals surface area (Å²) in [6, 6.07) is 7.65. The molecule has 0 fully saturated rings. The van der Waals surface area contributed by atoms with Crippen molar-refractivity contribution in [1.29, 1.82) is 0 Å². The molecule has 2 amide bonds. The highest BCUT2D eigenvalue weighted by molar-refractivity contribution is 7.09. The summed E-state index contributed by atoms with van der Waals surface area (Å²) in [7, 11) is 0. The number of thiazole rings is 1. The number of rotatable bonds is 5. The minimum Gasteiger partial charge on any atom is -0.383 e. The first-order valence-electron chi connectivity index (χ1n) is 8.36. The quantitative estimate of drug-likeness (QED) is 0.780. The molecule has 24 heavy (non-hydrogen) atoms. The van der Waals surface area contributed by atoms with Crippen LogP contribution in [-0.4, -0.2) is 22.7 Å². The fourth-order valence-electron chi connectivity index (χ4n) is 3.13. The van der Waals surface area contributed by atoms with E-state index < -0.39 is 5.60 Å². The number of aromatic nitrogens is 1. The second-order valence-corrected chi connectivity index (χ2v) is 7.11. The van der Waals surface area contributed by atoms with Gasteiger partial charge in [0.25, 0.3) is 0 Å².